The van der Waals surface area contributed by atoms with Crippen molar-refractivity contribution in [2.24, 2.45) is 0 Å². The Bertz CT molecular complexity index is 921. The molecule has 3 aromatic rings. The molecule has 5 rings (SSSR count). The number of nitrogens with one attached hydrogen (secondary N) is 1. The van der Waals surface area contributed by atoms with Gasteiger partial charge in [-0.2, -0.15) is 5.10 Å². The largest absolute Gasteiger partial charge is 0.454 e. The Kier molecular flexibility index (Phi) is 3.41. The van der Waals surface area contributed by atoms with Crippen LogP contribution in [0.25, 0.3) is 11.3 Å². The highest BCUT2D eigenvalue weighted by Crippen LogP contribution is 2.37. The fraction of sp³-hybridized carbons (Fsp3) is 0.263. The van der Waals surface area contributed by atoms with Crippen molar-refractivity contribution in [1.29, 1.82) is 0 Å². The van der Waals surface area contributed by atoms with Crippen molar-refractivity contribution in [3.63, 3.8) is 0 Å². The Balaban J connectivity index is 1.58. The first kappa shape index (κ1) is 14.5. The molecule has 0 radical (unpaired) electrons. The van der Waals surface area contributed by atoms with Gasteiger partial charge < -0.3 is 14.8 Å². The highest BCUT2D eigenvalue weighted by molar-refractivity contribution is 5.68. The van der Waals surface area contributed by atoms with Gasteiger partial charge in [0, 0.05) is 48.7 Å². The van der Waals surface area contributed by atoms with Gasteiger partial charge in [0.15, 0.2) is 11.5 Å². The van der Waals surface area contributed by atoms with Crippen molar-refractivity contribution in [3.05, 3.63) is 59.5 Å². The van der Waals surface area contributed by atoms with E-state index < -0.39 is 0 Å². The van der Waals surface area contributed by atoms with Crippen LogP contribution < -0.4 is 14.8 Å². The predicted molar refractivity (Wildman–Crippen MR) is 92.5 cm³/mol. The van der Waals surface area contributed by atoms with Gasteiger partial charge >= 0.3 is 0 Å². The zero-order valence-corrected chi connectivity index (χ0v) is 13.7. The third-order valence-corrected chi connectivity index (χ3v) is 4.73. The molecule has 0 saturated carbocycles. The van der Waals surface area contributed by atoms with Gasteiger partial charge in [-0.05, 0) is 35.9 Å². The van der Waals surface area contributed by atoms with Gasteiger partial charge in [-0.1, -0.05) is 0 Å². The van der Waals surface area contributed by atoms with Gasteiger partial charge in [0.2, 0.25) is 6.79 Å². The number of hydrogen-bond donors (Lipinski definition) is 1. The summed E-state index contributed by atoms with van der Waals surface area (Å²) in [6, 6.07) is 10.1. The van der Waals surface area contributed by atoms with E-state index in [0.717, 1.165) is 48.8 Å². The summed E-state index contributed by atoms with van der Waals surface area (Å²) < 4.78 is 13.1. The van der Waals surface area contributed by atoms with Crippen LogP contribution in [0.3, 0.4) is 0 Å². The molecule has 1 N–H and O–H groups in total. The summed E-state index contributed by atoms with van der Waals surface area (Å²) in [5.74, 6) is 1.59. The number of fused-ring (bicyclic) bond motifs is 2. The number of ether oxygens (including phenoxy) is 2. The fourth-order valence-electron chi connectivity index (χ4n) is 3.49. The van der Waals surface area contributed by atoms with Crippen LogP contribution in [0.4, 0.5) is 0 Å². The maximum atomic E-state index is 5.53. The van der Waals surface area contributed by atoms with E-state index in [1.54, 1.807) is 0 Å². The molecule has 0 saturated heterocycles. The molecule has 6 heteroatoms. The molecule has 0 amide bonds. The molecule has 0 spiro atoms. The lowest BCUT2D eigenvalue weighted by Gasteiger charge is -2.15. The molecule has 6 nitrogen and oxygen atoms in total. The Morgan fingerprint density at radius 2 is 1.96 bits per heavy atom. The summed E-state index contributed by atoms with van der Waals surface area (Å²) in [5.41, 5.74) is 5.88. The zero-order valence-electron chi connectivity index (χ0n) is 13.7. The molecule has 0 atom stereocenters. The third-order valence-electron chi connectivity index (χ3n) is 4.73. The highest BCUT2D eigenvalue weighted by Gasteiger charge is 2.23. The quantitative estimate of drug-likeness (QED) is 0.797. The van der Waals surface area contributed by atoms with Gasteiger partial charge in [0.25, 0.3) is 0 Å². The van der Waals surface area contributed by atoms with Crippen molar-refractivity contribution >= 4 is 0 Å². The molecule has 126 valence electrons. The number of benzene rings is 1. The second kappa shape index (κ2) is 5.89. The van der Waals surface area contributed by atoms with Crippen LogP contribution >= 0.6 is 0 Å². The van der Waals surface area contributed by atoms with Crippen LogP contribution in [0.2, 0.25) is 0 Å². The molecular formula is C19H18N4O2. The third kappa shape index (κ3) is 2.55. The Hall–Kier alpha value is -2.86. The van der Waals surface area contributed by atoms with Crippen LogP contribution in [-0.4, -0.2) is 28.1 Å². The van der Waals surface area contributed by atoms with Gasteiger partial charge in [0.1, 0.15) is 0 Å². The molecule has 2 aliphatic rings. The van der Waals surface area contributed by atoms with Gasteiger partial charge in [-0.15, -0.1) is 0 Å². The first-order valence-electron chi connectivity index (χ1n) is 8.47. The number of rotatable bonds is 3. The summed E-state index contributed by atoms with van der Waals surface area (Å²) in [4.78, 5) is 4.10. The van der Waals surface area contributed by atoms with Crippen molar-refractivity contribution in [1.82, 2.24) is 20.1 Å². The Labute approximate surface area is 145 Å². The maximum Gasteiger partial charge on any atom is 0.231 e. The molecule has 0 unspecified atom stereocenters. The van der Waals surface area contributed by atoms with Gasteiger partial charge in [-0.3, -0.25) is 9.67 Å². The fourth-order valence-corrected chi connectivity index (χ4v) is 3.49. The Morgan fingerprint density at radius 1 is 1.08 bits per heavy atom. The molecule has 1 aromatic carbocycles. The normalized spacial score (nSPS) is 15.2. The standard InChI is InChI=1S/C19H18N4O2/c1-2-17-18(25-12-24-17)9-14(1)19-15-10-21-8-5-16(15)23(22-19)11-13-3-6-20-7-4-13/h1-4,6-7,9,21H,5,8,10-12H2. The van der Waals surface area contributed by atoms with E-state index in [-0.39, 0.29) is 6.79 Å². The molecule has 0 aliphatic carbocycles. The first-order valence-corrected chi connectivity index (χ1v) is 8.47. The summed E-state index contributed by atoms with van der Waals surface area (Å²) in [6.07, 6.45) is 4.63. The molecule has 2 aromatic heterocycles. The first-order chi connectivity index (χ1) is 12.4. The van der Waals surface area contributed by atoms with Crippen LogP contribution in [0.5, 0.6) is 11.5 Å². The van der Waals surface area contributed by atoms with Crippen molar-refractivity contribution in [2.75, 3.05) is 13.3 Å². The van der Waals surface area contributed by atoms with Crippen LogP contribution in [-0.2, 0) is 19.5 Å². The number of hydrogen-bond acceptors (Lipinski definition) is 5. The average Bonchev–Trinajstić information content (AvgIpc) is 3.27. The topological polar surface area (TPSA) is 61.2 Å². The summed E-state index contributed by atoms with van der Waals surface area (Å²) in [5, 5.41) is 8.40. The minimum atomic E-state index is 0.287. The number of nitrogens with zero attached hydrogens (tertiary/aromatic N) is 3. The zero-order chi connectivity index (χ0) is 16.6. The lowest BCUT2D eigenvalue weighted by atomic mass is 10.0. The number of aromatic nitrogens is 3. The summed E-state index contributed by atoms with van der Waals surface area (Å²) in [6.45, 7) is 2.87. The molecule has 2 aliphatic heterocycles. The van der Waals surface area contributed by atoms with Crippen LogP contribution in [0.1, 0.15) is 16.8 Å². The van der Waals surface area contributed by atoms with E-state index in [9.17, 15) is 0 Å². The average molecular weight is 334 g/mol. The molecule has 0 bridgehead atoms. The highest BCUT2D eigenvalue weighted by atomic mass is 16.7. The van der Waals surface area contributed by atoms with E-state index in [0.29, 0.717) is 0 Å². The summed E-state index contributed by atoms with van der Waals surface area (Å²) in [7, 11) is 0. The van der Waals surface area contributed by atoms with Crippen molar-refractivity contribution in [3.8, 4) is 22.8 Å². The van der Waals surface area contributed by atoms with E-state index >= 15 is 0 Å². The maximum absolute atomic E-state index is 5.53. The van der Waals surface area contributed by atoms with E-state index in [1.165, 1.54) is 16.8 Å². The molecule has 4 heterocycles. The van der Waals surface area contributed by atoms with E-state index in [4.69, 9.17) is 14.6 Å². The second-order valence-corrected chi connectivity index (χ2v) is 6.28. The molecule has 0 fully saturated rings. The lowest BCUT2D eigenvalue weighted by Crippen LogP contribution is -2.25. The monoisotopic (exact) mass is 334 g/mol. The molecule has 25 heavy (non-hydrogen) atoms. The van der Waals surface area contributed by atoms with Crippen molar-refractivity contribution in [2.45, 2.75) is 19.5 Å². The minimum absolute atomic E-state index is 0.287. The minimum Gasteiger partial charge on any atom is -0.454 e. The van der Waals surface area contributed by atoms with E-state index in [1.807, 2.05) is 36.7 Å². The smallest absolute Gasteiger partial charge is 0.231 e. The van der Waals surface area contributed by atoms with Gasteiger partial charge in [0.05, 0.1) is 12.2 Å². The summed E-state index contributed by atoms with van der Waals surface area (Å²) >= 11 is 0. The van der Waals surface area contributed by atoms with Crippen molar-refractivity contribution < 1.29 is 9.47 Å². The number of pyridine rings is 1. The predicted octanol–water partition coefficient (Wildman–Crippen LogP) is 2.37. The molecular weight excluding hydrogens is 316 g/mol. The SMILES string of the molecule is c1cc(Cn2nc(-c3ccc4c(c3)OCO4)c3c2CCNC3)ccn1. The lowest BCUT2D eigenvalue weighted by molar-refractivity contribution is 0.174. The van der Waals surface area contributed by atoms with Crippen LogP contribution in [0.15, 0.2) is 42.7 Å². The van der Waals surface area contributed by atoms with Crippen LogP contribution in [0, 0.1) is 0 Å². The van der Waals surface area contributed by atoms with Gasteiger partial charge in [-0.25, -0.2) is 0 Å². The Morgan fingerprint density at radius 3 is 2.88 bits per heavy atom. The van der Waals surface area contributed by atoms with E-state index in [2.05, 4.69) is 21.0 Å². The second-order valence-electron chi connectivity index (χ2n) is 6.28.